The number of fused-ring (bicyclic) bond motifs is 3. The van der Waals surface area contributed by atoms with Crippen LogP contribution in [0.15, 0.2) is 34.9 Å². The highest BCUT2D eigenvalue weighted by molar-refractivity contribution is 5.92. The molecule has 0 amide bonds. The molecule has 0 aromatic carbocycles. The predicted octanol–water partition coefficient (Wildman–Crippen LogP) is 0.785. The SMILES string of the molecule is C=C1C(=O)O[C@H]2[C@H]1[C@H](OC(=O)/C(C)=C\C)CC(C)=C1[C@@H](O)[C@H](O)[C@@](C)(O)[C@@H]12. The Morgan fingerprint density at radius 3 is 2.63 bits per heavy atom. The van der Waals surface area contributed by atoms with Crippen LogP contribution in [0.25, 0.3) is 0 Å². The lowest BCUT2D eigenvalue weighted by Crippen LogP contribution is -2.49. The normalized spacial score (nSPS) is 41.8. The van der Waals surface area contributed by atoms with Gasteiger partial charge in [-0.15, -0.1) is 0 Å². The van der Waals surface area contributed by atoms with Gasteiger partial charge >= 0.3 is 11.9 Å². The van der Waals surface area contributed by atoms with Gasteiger partial charge in [0, 0.05) is 17.6 Å². The van der Waals surface area contributed by atoms with Crippen LogP contribution in [0.1, 0.15) is 34.1 Å². The van der Waals surface area contributed by atoms with E-state index in [1.165, 1.54) is 6.92 Å². The summed E-state index contributed by atoms with van der Waals surface area (Å²) < 4.78 is 11.2. The summed E-state index contributed by atoms with van der Waals surface area (Å²) in [7, 11) is 0. The van der Waals surface area contributed by atoms with E-state index < -0.39 is 53.8 Å². The molecule has 1 heterocycles. The fourth-order valence-electron chi connectivity index (χ4n) is 4.53. The Morgan fingerprint density at radius 1 is 1.41 bits per heavy atom. The molecule has 27 heavy (non-hydrogen) atoms. The first kappa shape index (κ1) is 19.8. The average Bonchev–Trinajstić information content (AvgIpc) is 2.93. The second-order valence-corrected chi connectivity index (χ2v) is 7.87. The second-order valence-electron chi connectivity index (χ2n) is 7.87. The van der Waals surface area contributed by atoms with Gasteiger partial charge in [0.05, 0.1) is 11.8 Å². The zero-order valence-corrected chi connectivity index (χ0v) is 15.9. The Balaban J connectivity index is 2.09. The highest BCUT2D eigenvalue weighted by Gasteiger charge is 2.63. The highest BCUT2D eigenvalue weighted by atomic mass is 16.6. The van der Waals surface area contributed by atoms with E-state index in [4.69, 9.17) is 9.47 Å². The Kier molecular flexibility index (Phi) is 4.82. The van der Waals surface area contributed by atoms with Gasteiger partial charge in [-0.05, 0) is 33.3 Å². The van der Waals surface area contributed by atoms with Crippen LogP contribution in [-0.2, 0) is 19.1 Å². The van der Waals surface area contributed by atoms with Crippen molar-refractivity contribution in [3.63, 3.8) is 0 Å². The lowest BCUT2D eigenvalue weighted by Gasteiger charge is -2.34. The standard InChI is InChI=1S/C20H26O7/c1-6-8(2)18(23)26-11-7-9(3)12-14(20(5,25)17(22)15(12)21)16-13(11)10(4)19(24)27-16/h6,11,13-17,21-22,25H,4,7H2,1-3,5H3/b8-6-/t11-,13-,14+,15-,16+,17+,20+/m1/s1. The van der Waals surface area contributed by atoms with Gasteiger partial charge in [-0.3, -0.25) is 0 Å². The van der Waals surface area contributed by atoms with Crippen molar-refractivity contribution in [3.8, 4) is 0 Å². The van der Waals surface area contributed by atoms with Gasteiger partial charge in [0.2, 0.25) is 0 Å². The summed E-state index contributed by atoms with van der Waals surface area (Å²) in [6.07, 6.45) is -2.44. The molecular formula is C20H26O7. The molecule has 3 N–H and O–H groups in total. The van der Waals surface area contributed by atoms with E-state index in [2.05, 4.69) is 6.58 Å². The maximum atomic E-state index is 12.3. The van der Waals surface area contributed by atoms with Gasteiger partial charge in [-0.2, -0.15) is 0 Å². The molecule has 0 bridgehead atoms. The van der Waals surface area contributed by atoms with Crippen LogP contribution in [0.2, 0.25) is 0 Å². The fourth-order valence-corrected chi connectivity index (χ4v) is 4.53. The molecular weight excluding hydrogens is 352 g/mol. The van der Waals surface area contributed by atoms with Crippen LogP contribution in [0, 0.1) is 11.8 Å². The van der Waals surface area contributed by atoms with Crippen LogP contribution in [0.5, 0.6) is 0 Å². The third-order valence-electron chi connectivity index (χ3n) is 6.19. The summed E-state index contributed by atoms with van der Waals surface area (Å²) in [6.45, 7) is 10.3. The monoisotopic (exact) mass is 378 g/mol. The zero-order valence-electron chi connectivity index (χ0n) is 15.9. The number of esters is 2. The molecule has 3 aliphatic rings. The fraction of sp³-hybridized carbons (Fsp3) is 0.600. The van der Waals surface area contributed by atoms with Crippen molar-refractivity contribution >= 4 is 11.9 Å². The van der Waals surface area contributed by atoms with Gasteiger partial charge in [0.1, 0.15) is 30.0 Å². The lowest BCUT2D eigenvalue weighted by atomic mass is 9.78. The van der Waals surface area contributed by atoms with Crippen LogP contribution in [-0.4, -0.2) is 57.3 Å². The molecule has 0 aromatic rings. The Morgan fingerprint density at radius 2 is 2.04 bits per heavy atom. The number of hydrogen-bond acceptors (Lipinski definition) is 7. The first-order valence-corrected chi connectivity index (χ1v) is 9.04. The molecule has 0 radical (unpaired) electrons. The summed E-state index contributed by atoms with van der Waals surface area (Å²) in [6, 6.07) is 0. The van der Waals surface area contributed by atoms with Crippen molar-refractivity contribution in [1.82, 2.24) is 0 Å². The average molecular weight is 378 g/mol. The van der Waals surface area contributed by atoms with Crippen LogP contribution < -0.4 is 0 Å². The van der Waals surface area contributed by atoms with E-state index in [0.717, 1.165) is 0 Å². The molecule has 0 aromatic heterocycles. The molecule has 7 nitrogen and oxygen atoms in total. The first-order valence-electron chi connectivity index (χ1n) is 9.04. The molecule has 3 rings (SSSR count). The molecule has 0 unspecified atom stereocenters. The third kappa shape index (κ3) is 2.85. The van der Waals surface area contributed by atoms with Crippen molar-refractivity contribution in [2.24, 2.45) is 11.8 Å². The van der Waals surface area contributed by atoms with Crippen molar-refractivity contribution in [1.29, 1.82) is 0 Å². The summed E-state index contributed by atoms with van der Waals surface area (Å²) >= 11 is 0. The van der Waals surface area contributed by atoms with Gasteiger partial charge in [0.25, 0.3) is 0 Å². The number of allylic oxidation sites excluding steroid dienone is 1. The van der Waals surface area contributed by atoms with Crippen LogP contribution in [0.4, 0.5) is 0 Å². The maximum absolute atomic E-state index is 12.3. The number of rotatable bonds is 2. The van der Waals surface area contributed by atoms with Gasteiger partial charge in [-0.25, -0.2) is 9.59 Å². The molecule has 7 atom stereocenters. The predicted molar refractivity (Wildman–Crippen MR) is 95.3 cm³/mol. The number of ether oxygens (including phenoxy) is 2. The second kappa shape index (κ2) is 6.58. The number of aliphatic hydroxyl groups is 3. The van der Waals surface area contributed by atoms with Crippen molar-refractivity contribution in [3.05, 3.63) is 34.9 Å². The number of carbonyl (C=O) groups is 2. The molecule has 148 valence electrons. The third-order valence-corrected chi connectivity index (χ3v) is 6.19. The summed E-state index contributed by atoms with van der Waals surface area (Å²) in [5.41, 5.74) is 0.0168. The van der Waals surface area contributed by atoms with Crippen molar-refractivity contribution < 1.29 is 34.4 Å². The Hall–Kier alpha value is -1.96. The molecule has 7 heteroatoms. The Labute approximate surface area is 158 Å². The van der Waals surface area contributed by atoms with E-state index in [-0.39, 0.29) is 12.0 Å². The Bertz CT molecular complexity index is 760. The molecule has 1 saturated carbocycles. The molecule has 1 saturated heterocycles. The summed E-state index contributed by atoms with van der Waals surface area (Å²) in [4.78, 5) is 24.5. The number of hydrogen-bond donors (Lipinski definition) is 3. The first-order chi connectivity index (χ1) is 12.5. The smallest absolute Gasteiger partial charge is 0.334 e. The lowest BCUT2D eigenvalue weighted by molar-refractivity contribution is -0.155. The van der Waals surface area contributed by atoms with Crippen molar-refractivity contribution in [2.45, 2.75) is 64.1 Å². The molecule has 0 spiro atoms. The minimum absolute atomic E-state index is 0.164. The van der Waals surface area contributed by atoms with Crippen LogP contribution >= 0.6 is 0 Å². The van der Waals surface area contributed by atoms with E-state index >= 15 is 0 Å². The van der Waals surface area contributed by atoms with E-state index in [9.17, 15) is 24.9 Å². The van der Waals surface area contributed by atoms with Gasteiger partial charge in [-0.1, -0.05) is 18.2 Å². The van der Waals surface area contributed by atoms with Crippen molar-refractivity contribution in [2.75, 3.05) is 0 Å². The highest BCUT2D eigenvalue weighted by Crippen LogP contribution is 2.52. The van der Waals surface area contributed by atoms with Gasteiger partial charge < -0.3 is 24.8 Å². The molecule has 2 aliphatic carbocycles. The van der Waals surface area contributed by atoms with Crippen LogP contribution in [0.3, 0.4) is 0 Å². The minimum atomic E-state index is -1.71. The minimum Gasteiger partial charge on any atom is -0.458 e. The largest absolute Gasteiger partial charge is 0.458 e. The van der Waals surface area contributed by atoms with Gasteiger partial charge in [0.15, 0.2) is 0 Å². The topological polar surface area (TPSA) is 113 Å². The number of carbonyl (C=O) groups excluding carboxylic acids is 2. The quantitative estimate of drug-likeness (QED) is 0.370. The van der Waals surface area contributed by atoms with E-state index in [0.29, 0.717) is 16.7 Å². The number of aliphatic hydroxyl groups excluding tert-OH is 2. The molecule has 1 aliphatic heterocycles. The summed E-state index contributed by atoms with van der Waals surface area (Å²) in [5.74, 6) is -2.63. The summed E-state index contributed by atoms with van der Waals surface area (Å²) in [5, 5.41) is 31.8. The maximum Gasteiger partial charge on any atom is 0.334 e. The zero-order chi connectivity index (χ0) is 20.3. The molecule has 2 fully saturated rings. The van der Waals surface area contributed by atoms with E-state index in [1.807, 2.05) is 0 Å². The van der Waals surface area contributed by atoms with E-state index in [1.54, 1.807) is 26.8 Å².